The van der Waals surface area contributed by atoms with Gasteiger partial charge in [-0.3, -0.25) is 0 Å². The smallest absolute Gasteiger partial charge is 0.153 e. The third-order valence-electron chi connectivity index (χ3n) is 2.29. The molecule has 0 spiro atoms. The number of nitrogens with two attached hydrogens (primary N) is 1. The number of benzene rings is 2. The minimum absolute atomic E-state index is 0.666. The molecule has 0 aliphatic carbocycles. The van der Waals surface area contributed by atoms with E-state index in [4.69, 9.17) is 10.5 Å². The molecule has 0 aliphatic rings. The summed E-state index contributed by atoms with van der Waals surface area (Å²) in [5.74, 6) is 1.58. The lowest BCUT2D eigenvalue weighted by atomic mass is 10.2. The molecule has 0 unspecified atom stereocenters. The molecule has 2 aromatic rings. The van der Waals surface area contributed by atoms with Gasteiger partial charge in [0, 0.05) is 0 Å². The van der Waals surface area contributed by atoms with E-state index in [0.29, 0.717) is 5.69 Å². The summed E-state index contributed by atoms with van der Waals surface area (Å²) in [6.45, 7) is 1.99. The highest BCUT2D eigenvalue weighted by Crippen LogP contribution is 2.32. The van der Waals surface area contributed by atoms with Gasteiger partial charge in [0.15, 0.2) is 5.75 Å². The highest BCUT2D eigenvalue weighted by Gasteiger charge is 2.07. The monoisotopic (exact) mass is 325 g/mol. The van der Waals surface area contributed by atoms with Crippen molar-refractivity contribution in [2.24, 2.45) is 0 Å². The van der Waals surface area contributed by atoms with Gasteiger partial charge in [0.2, 0.25) is 0 Å². The molecule has 2 aromatic carbocycles. The third-order valence-corrected chi connectivity index (χ3v) is 3.18. The fourth-order valence-electron chi connectivity index (χ4n) is 1.45. The van der Waals surface area contributed by atoms with Crippen LogP contribution in [0.5, 0.6) is 11.5 Å². The van der Waals surface area contributed by atoms with Crippen LogP contribution in [0.3, 0.4) is 0 Å². The van der Waals surface area contributed by atoms with Crippen LogP contribution in [0.2, 0.25) is 0 Å². The van der Waals surface area contributed by atoms with E-state index < -0.39 is 0 Å². The van der Waals surface area contributed by atoms with Crippen molar-refractivity contribution in [2.45, 2.75) is 6.92 Å². The van der Waals surface area contributed by atoms with Crippen molar-refractivity contribution < 1.29 is 4.74 Å². The molecular weight excluding hydrogens is 313 g/mol. The second-order valence-corrected chi connectivity index (χ2v) is 4.69. The van der Waals surface area contributed by atoms with Gasteiger partial charge in [-0.15, -0.1) is 0 Å². The van der Waals surface area contributed by atoms with Crippen LogP contribution in [0, 0.1) is 10.5 Å². The number of aryl methyl sites for hydroxylation is 1. The lowest BCUT2D eigenvalue weighted by molar-refractivity contribution is 0.478. The summed E-state index contributed by atoms with van der Waals surface area (Å²) in [6, 6.07) is 13.6. The molecule has 0 saturated heterocycles. The Morgan fingerprint density at radius 1 is 1.06 bits per heavy atom. The van der Waals surface area contributed by atoms with E-state index >= 15 is 0 Å². The first-order chi connectivity index (χ1) is 7.68. The standard InChI is InChI=1S/C13H12INO/c1-9-5-4-7-11(15)13(9)16-12-8-3-2-6-10(12)14/h2-8H,15H2,1H3. The minimum Gasteiger partial charge on any atom is -0.454 e. The number of anilines is 1. The van der Waals surface area contributed by atoms with Gasteiger partial charge in [0.05, 0.1) is 9.26 Å². The zero-order valence-electron chi connectivity index (χ0n) is 8.91. The number of nitrogen functional groups attached to an aromatic ring is 1. The molecule has 0 aromatic heterocycles. The highest BCUT2D eigenvalue weighted by atomic mass is 127. The van der Waals surface area contributed by atoms with Gasteiger partial charge < -0.3 is 10.5 Å². The van der Waals surface area contributed by atoms with E-state index in [-0.39, 0.29) is 0 Å². The lowest BCUT2D eigenvalue weighted by Crippen LogP contribution is -1.95. The predicted molar refractivity (Wildman–Crippen MR) is 74.8 cm³/mol. The van der Waals surface area contributed by atoms with Crippen molar-refractivity contribution in [1.29, 1.82) is 0 Å². The van der Waals surface area contributed by atoms with Crippen molar-refractivity contribution in [2.75, 3.05) is 5.73 Å². The second-order valence-electron chi connectivity index (χ2n) is 3.53. The van der Waals surface area contributed by atoms with Crippen LogP contribution >= 0.6 is 22.6 Å². The van der Waals surface area contributed by atoms with Gasteiger partial charge >= 0.3 is 0 Å². The molecule has 82 valence electrons. The molecular formula is C13H12INO. The van der Waals surface area contributed by atoms with Crippen LogP contribution in [0.1, 0.15) is 5.56 Å². The average Bonchev–Trinajstić information content (AvgIpc) is 2.26. The molecule has 0 fully saturated rings. The van der Waals surface area contributed by atoms with Crippen LogP contribution in [-0.2, 0) is 0 Å². The summed E-state index contributed by atoms with van der Waals surface area (Å²) in [5, 5.41) is 0. The molecule has 2 rings (SSSR count). The van der Waals surface area contributed by atoms with Gasteiger partial charge in [0.1, 0.15) is 5.75 Å². The number of hydrogen-bond acceptors (Lipinski definition) is 2. The predicted octanol–water partition coefficient (Wildman–Crippen LogP) is 3.97. The number of rotatable bonds is 2. The quantitative estimate of drug-likeness (QED) is 0.670. The molecule has 2 nitrogen and oxygen atoms in total. The molecule has 0 aliphatic heterocycles. The maximum Gasteiger partial charge on any atom is 0.153 e. The minimum atomic E-state index is 0.666. The van der Waals surface area contributed by atoms with E-state index in [1.165, 1.54) is 0 Å². The van der Waals surface area contributed by atoms with Crippen LogP contribution in [0.25, 0.3) is 0 Å². The Kier molecular flexibility index (Phi) is 3.33. The fraction of sp³-hybridized carbons (Fsp3) is 0.0769. The molecule has 0 saturated carbocycles. The largest absolute Gasteiger partial charge is 0.454 e. The molecule has 16 heavy (non-hydrogen) atoms. The summed E-state index contributed by atoms with van der Waals surface area (Å²) in [7, 11) is 0. The van der Waals surface area contributed by atoms with Crippen molar-refractivity contribution in [3.8, 4) is 11.5 Å². The molecule has 0 bridgehead atoms. The van der Waals surface area contributed by atoms with Crippen molar-refractivity contribution in [1.82, 2.24) is 0 Å². The Morgan fingerprint density at radius 3 is 2.50 bits per heavy atom. The topological polar surface area (TPSA) is 35.2 Å². The summed E-state index contributed by atoms with van der Waals surface area (Å²) < 4.78 is 6.91. The fourth-order valence-corrected chi connectivity index (χ4v) is 1.95. The van der Waals surface area contributed by atoms with Gasteiger partial charge in [-0.25, -0.2) is 0 Å². The SMILES string of the molecule is Cc1cccc(N)c1Oc1ccccc1I. The number of halogens is 1. The maximum absolute atomic E-state index is 5.89. The highest BCUT2D eigenvalue weighted by molar-refractivity contribution is 14.1. The van der Waals surface area contributed by atoms with Crippen LogP contribution in [0.15, 0.2) is 42.5 Å². The Morgan fingerprint density at radius 2 is 1.81 bits per heavy atom. The van der Waals surface area contributed by atoms with E-state index in [0.717, 1.165) is 20.6 Å². The van der Waals surface area contributed by atoms with E-state index in [2.05, 4.69) is 22.6 Å². The van der Waals surface area contributed by atoms with Gasteiger partial charge in [-0.2, -0.15) is 0 Å². The zero-order chi connectivity index (χ0) is 11.5. The number of para-hydroxylation sites is 2. The van der Waals surface area contributed by atoms with Crippen LogP contribution in [-0.4, -0.2) is 0 Å². The first-order valence-corrected chi connectivity index (χ1v) is 6.04. The van der Waals surface area contributed by atoms with Gasteiger partial charge in [0.25, 0.3) is 0 Å². The lowest BCUT2D eigenvalue weighted by Gasteiger charge is -2.12. The summed E-state index contributed by atoms with van der Waals surface area (Å²) in [4.78, 5) is 0. The van der Waals surface area contributed by atoms with Crippen LogP contribution < -0.4 is 10.5 Å². The number of hydrogen-bond donors (Lipinski definition) is 1. The molecule has 3 heteroatoms. The first-order valence-electron chi connectivity index (χ1n) is 4.96. The van der Waals surface area contributed by atoms with Gasteiger partial charge in [-0.1, -0.05) is 24.3 Å². The molecule has 0 radical (unpaired) electrons. The van der Waals surface area contributed by atoms with E-state index in [1.54, 1.807) is 0 Å². The first kappa shape index (κ1) is 11.3. The molecule has 0 heterocycles. The van der Waals surface area contributed by atoms with E-state index in [9.17, 15) is 0 Å². The average molecular weight is 325 g/mol. The summed E-state index contributed by atoms with van der Waals surface area (Å²) >= 11 is 2.24. The van der Waals surface area contributed by atoms with Crippen molar-refractivity contribution >= 4 is 28.3 Å². The summed E-state index contributed by atoms with van der Waals surface area (Å²) in [6.07, 6.45) is 0. The Bertz CT molecular complexity index is 491. The maximum atomic E-state index is 5.89. The normalized spacial score (nSPS) is 10.1. The Labute approximate surface area is 109 Å². The van der Waals surface area contributed by atoms with E-state index in [1.807, 2.05) is 49.4 Å². The Balaban J connectivity index is 2.38. The van der Waals surface area contributed by atoms with Crippen molar-refractivity contribution in [3.05, 3.63) is 51.6 Å². The molecule has 2 N–H and O–H groups in total. The van der Waals surface area contributed by atoms with Gasteiger partial charge in [-0.05, 0) is 53.3 Å². The molecule has 0 amide bonds. The third kappa shape index (κ3) is 2.29. The number of ether oxygens (including phenoxy) is 1. The zero-order valence-corrected chi connectivity index (χ0v) is 11.1. The van der Waals surface area contributed by atoms with Crippen LogP contribution in [0.4, 0.5) is 5.69 Å². The molecule has 0 atom stereocenters. The Hall–Kier alpha value is -1.23. The van der Waals surface area contributed by atoms with Crippen molar-refractivity contribution in [3.63, 3.8) is 0 Å². The second kappa shape index (κ2) is 4.74. The summed E-state index contributed by atoms with van der Waals surface area (Å²) in [5.41, 5.74) is 7.60.